The maximum absolute atomic E-state index is 12.9. The molecule has 0 aliphatic rings. The van der Waals surface area contributed by atoms with Crippen LogP contribution in [0.25, 0.3) is 0 Å². The van der Waals surface area contributed by atoms with Gasteiger partial charge in [-0.2, -0.15) is 8.42 Å². The van der Waals surface area contributed by atoms with Crippen molar-refractivity contribution in [2.75, 3.05) is 7.11 Å². The van der Waals surface area contributed by atoms with E-state index in [1.807, 2.05) is 6.92 Å². The molecular weight excluding hydrogens is 293 g/mol. The number of aryl methyl sites for hydroxylation is 1. The Morgan fingerprint density at radius 2 is 1.62 bits per heavy atom. The van der Waals surface area contributed by atoms with Crippen LogP contribution in [0, 0.1) is 12.7 Å². The summed E-state index contributed by atoms with van der Waals surface area (Å²) < 4.78 is 46.0. The first-order valence-corrected chi connectivity index (χ1v) is 7.58. The number of rotatable bonds is 3. The molecule has 0 fully saturated rings. The van der Waals surface area contributed by atoms with Crippen LogP contribution >= 0.6 is 0 Å². The molecule has 0 bridgehead atoms. The van der Waals surface area contributed by atoms with Crippen LogP contribution in [-0.4, -0.2) is 21.4 Å². The molecule has 0 saturated carbocycles. The monoisotopic (exact) mass is 307 g/mol. The van der Waals surface area contributed by atoms with Crippen LogP contribution in [0.3, 0.4) is 0 Å². The van der Waals surface area contributed by atoms with Gasteiger partial charge in [0.15, 0.2) is 0 Å². The number of hydrogen-bond acceptors (Lipinski definition) is 3. The Morgan fingerprint density at radius 3 is 2.14 bits per heavy atom. The van der Waals surface area contributed by atoms with Gasteiger partial charge in [-0.1, -0.05) is 17.7 Å². The Bertz CT molecular complexity index is 751. The van der Waals surface area contributed by atoms with E-state index in [9.17, 15) is 12.8 Å². The third-order valence-electron chi connectivity index (χ3n) is 2.81. The van der Waals surface area contributed by atoms with Gasteiger partial charge in [0.25, 0.3) is 10.0 Å². The summed E-state index contributed by atoms with van der Waals surface area (Å²) in [6.07, 6.45) is 0. The number of ether oxygens (including phenoxy) is 1. The van der Waals surface area contributed by atoms with E-state index in [2.05, 4.69) is 4.40 Å². The van der Waals surface area contributed by atoms with Crippen LogP contribution in [0.5, 0.6) is 0 Å². The van der Waals surface area contributed by atoms with E-state index in [0.29, 0.717) is 5.56 Å². The summed E-state index contributed by atoms with van der Waals surface area (Å²) >= 11 is 0. The summed E-state index contributed by atoms with van der Waals surface area (Å²) in [6, 6.07) is 11.6. The first-order chi connectivity index (χ1) is 9.92. The van der Waals surface area contributed by atoms with Gasteiger partial charge in [-0.05, 0) is 43.3 Å². The van der Waals surface area contributed by atoms with Gasteiger partial charge in [0.1, 0.15) is 5.82 Å². The molecule has 2 rings (SSSR count). The van der Waals surface area contributed by atoms with Gasteiger partial charge in [-0.3, -0.25) is 0 Å². The molecule has 0 atom stereocenters. The van der Waals surface area contributed by atoms with E-state index in [4.69, 9.17) is 4.74 Å². The first-order valence-electron chi connectivity index (χ1n) is 6.14. The van der Waals surface area contributed by atoms with Crippen molar-refractivity contribution in [2.45, 2.75) is 11.8 Å². The fourth-order valence-corrected chi connectivity index (χ4v) is 2.66. The predicted molar refractivity (Wildman–Crippen MR) is 78.3 cm³/mol. The molecule has 0 N–H and O–H groups in total. The smallest absolute Gasteiger partial charge is 0.285 e. The highest BCUT2D eigenvalue weighted by Gasteiger charge is 2.15. The molecule has 0 radical (unpaired) electrons. The van der Waals surface area contributed by atoms with Gasteiger partial charge in [0.05, 0.1) is 12.0 Å². The van der Waals surface area contributed by atoms with Crippen molar-refractivity contribution in [2.24, 2.45) is 4.40 Å². The van der Waals surface area contributed by atoms with E-state index in [1.54, 1.807) is 12.1 Å². The lowest BCUT2D eigenvalue weighted by Crippen LogP contribution is -2.08. The van der Waals surface area contributed by atoms with Crippen molar-refractivity contribution in [1.29, 1.82) is 0 Å². The maximum Gasteiger partial charge on any atom is 0.285 e. The topological polar surface area (TPSA) is 55.7 Å². The SMILES string of the molecule is CO/C(=N/S(=O)(=O)c1ccc(C)cc1)c1ccc(F)cc1. The van der Waals surface area contributed by atoms with Crippen LogP contribution < -0.4 is 0 Å². The lowest BCUT2D eigenvalue weighted by Gasteiger charge is -2.06. The normalized spacial score (nSPS) is 12.2. The minimum absolute atomic E-state index is 0.0739. The molecule has 0 unspecified atom stereocenters. The second kappa shape index (κ2) is 6.05. The summed E-state index contributed by atoms with van der Waals surface area (Å²) in [6.45, 7) is 1.86. The summed E-state index contributed by atoms with van der Waals surface area (Å²) in [4.78, 5) is 0.0739. The zero-order valence-electron chi connectivity index (χ0n) is 11.6. The van der Waals surface area contributed by atoms with Crippen LogP contribution in [0.1, 0.15) is 11.1 Å². The van der Waals surface area contributed by atoms with Gasteiger partial charge in [-0.15, -0.1) is 4.40 Å². The molecule has 0 amide bonds. The van der Waals surface area contributed by atoms with Crippen LogP contribution in [0.4, 0.5) is 4.39 Å². The third kappa shape index (κ3) is 3.66. The number of sulfonamides is 1. The average Bonchev–Trinajstić information content (AvgIpc) is 2.46. The Balaban J connectivity index is 2.43. The molecule has 6 heteroatoms. The van der Waals surface area contributed by atoms with Crippen LogP contribution in [-0.2, 0) is 14.8 Å². The third-order valence-corrected chi connectivity index (χ3v) is 4.08. The largest absolute Gasteiger partial charge is 0.480 e. The van der Waals surface area contributed by atoms with Gasteiger partial charge in [0.2, 0.25) is 5.90 Å². The van der Waals surface area contributed by atoms with Crippen LogP contribution in [0.2, 0.25) is 0 Å². The zero-order chi connectivity index (χ0) is 15.5. The van der Waals surface area contributed by atoms with Crippen molar-refractivity contribution in [3.05, 3.63) is 65.5 Å². The Morgan fingerprint density at radius 1 is 1.05 bits per heavy atom. The standard InChI is InChI=1S/C15H14FNO3S/c1-11-3-9-14(10-4-11)21(18,19)17-15(20-2)12-5-7-13(16)8-6-12/h3-10H,1-2H3/b17-15+. The summed E-state index contributed by atoms with van der Waals surface area (Å²) in [5.41, 5.74) is 1.33. The highest BCUT2D eigenvalue weighted by Crippen LogP contribution is 2.15. The molecular formula is C15H14FNO3S. The van der Waals surface area contributed by atoms with E-state index in [1.165, 1.54) is 43.5 Å². The molecule has 21 heavy (non-hydrogen) atoms. The minimum atomic E-state index is -3.88. The quantitative estimate of drug-likeness (QED) is 0.647. The van der Waals surface area contributed by atoms with Gasteiger partial charge < -0.3 is 4.74 Å². The van der Waals surface area contributed by atoms with E-state index in [0.717, 1.165) is 5.56 Å². The Kier molecular flexibility index (Phi) is 4.37. The van der Waals surface area contributed by atoms with E-state index < -0.39 is 15.8 Å². The maximum atomic E-state index is 12.9. The molecule has 2 aromatic carbocycles. The molecule has 0 aliphatic carbocycles. The van der Waals surface area contributed by atoms with Gasteiger partial charge in [0, 0.05) is 5.56 Å². The number of benzene rings is 2. The Labute approximate surface area is 123 Å². The number of methoxy groups -OCH3 is 1. The fraction of sp³-hybridized carbons (Fsp3) is 0.133. The van der Waals surface area contributed by atoms with E-state index in [-0.39, 0.29) is 10.8 Å². The van der Waals surface area contributed by atoms with Crippen molar-refractivity contribution >= 4 is 15.9 Å². The molecule has 4 nitrogen and oxygen atoms in total. The lowest BCUT2D eigenvalue weighted by molar-refractivity contribution is 0.405. The summed E-state index contributed by atoms with van der Waals surface area (Å²) in [5, 5.41) is 0. The second-order valence-corrected chi connectivity index (χ2v) is 6.00. The predicted octanol–water partition coefficient (Wildman–Crippen LogP) is 2.92. The van der Waals surface area contributed by atoms with Gasteiger partial charge >= 0.3 is 0 Å². The zero-order valence-corrected chi connectivity index (χ0v) is 12.4. The number of halogens is 1. The summed E-state index contributed by atoms with van der Waals surface area (Å²) in [5.74, 6) is -0.508. The summed E-state index contributed by atoms with van der Waals surface area (Å²) in [7, 11) is -2.57. The van der Waals surface area contributed by atoms with Crippen molar-refractivity contribution in [1.82, 2.24) is 0 Å². The molecule has 0 spiro atoms. The lowest BCUT2D eigenvalue weighted by atomic mass is 10.2. The molecule has 0 heterocycles. The van der Waals surface area contributed by atoms with Crippen molar-refractivity contribution in [3.8, 4) is 0 Å². The molecule has 0 aromatic heterocycles. The first kappa shape index (κ1) is 15.2. The van der Waals surface area contributed by atoms with Crippen LogP contribution in [0.15, 0.2) is 57.8 Å². The molecule has 2 aromatic rings. The van der Waals surface area contributed by atoms with E-state index >= 15 is 0 Å². The second-order valence-electron chi connectivity index (χ2n) is 4.40. The molecule has 110 valence electrons. The average molecular weight is 307 g/mol. The fourth-order valence-electron chi connectivity index (χ4n) is 1.67. The van der Waals surface area contributed by atoms with Crippen molar-refractivity contribution < 1.29 is 17.5 Å². The number of nitrogens with zero attached hydrogens (tertiary/aromatic N) is 1. The Hall–Kier alpha value is -2.21. The highest BCUT2D eigenvalue weighted by atomic mass is 32.2. The molecule has 0 saturated heterocycles. The highest BCUT2D eigenvalue weighted by molar-refractivity contribution is 7.90. The minimum Gasteiger partial charge on any atom is -0.480 e. The van der Waals surface area contributed by atoms with Crippen molar-refractivity contribution in [3.63, 3.8) is 0 Å². The van der Waals surface area contributed by atoms with Gasteiger partial charge in [-0.25, -0.2) is 4.39 Å². The number of hydrogen-bond donors (Lipinski definition) is 0. The molecule has 0 aliphatic heterocycles.